The molecular weight excluding hydrogens is 335 g/mol. The molecule has 1 aromatic carbocycles. The van der Waals surface area contributed by atoms with Crippen molar-refractivity contribution < 1.29 is 23.2 Å². The van der Waals surface area contributed by atoms with Gasteiger partial charge < -0.3 is 14.5 Å². The number of amides is 1. The predicted octanol–water partition coefficient (Wildman–Crippen LogP) is 3.66. The Kier molecular flexibility index (Phi) is 6.75. The minimum Gasteiger partial charge on any atom is -0.462 e. The number of likely N-dealkylation sites (tertiary alicyclic amines) is 1. The summed E-state index contributed by atoms with van der Waals surface area (Å²) in [6.07, 6.45) is 3.45. The van der Waals surface area contributed by atoms with Crippen molar-refractivity contribution in [2.24, 2.45) is 0 Å². The first kappa shape index (κ1) is 20.4. The number of quaternary nitrogens is 1. The third kappa shape index (κ3) is 4.23. The summed E-state index contributed by atoms with van der Waals surface area (Å²) in [7, 11) is 0. The summed E-state index contributed by atoms with van der Waals surface area (Å²) >= 11 is 0. The van der Waals surface area contributed by atoms with E-state index in [0.29, 0.717) is 11.3 Å². The fourth-order valence-corrected chi connectivity index (χ4v) is 3.87. The minimum absolute atomic E-state index is 0.0617. The summed E-state index contributed by atoms with van der Waals surface area (Å²) in [6.45, 7) is 10.5. The van der Waals surface area contributed by atoms with E-state index in [4.69, 9.17) is 4.74 Å². The van der Waals surface area contributed by atoms with E-state index >= 15 is 0 Å². The van der Waals surface area contributed by atoms with Gasteiger partial charge in [-0.05, 0) is 64.7 Å². The van der Waals surface area contributed by atoms with Crippen molar-refractivity contribution in [1.29, 1.82) is 0 Å². The van der Waals surface area contributed by atoms with Gasteiger partial charge in [-0.2, -0.15) is 0 Å². The average molecular weight is 365 g/mol. The van der Waals surface area contributed by atoms with Gasteiger partial charge in [0.25, 0.3) is 5.91 Å². The van der Waals surface area contributed by atoms with Crippen molar-refractivity contribution in [3.63, 3.8) is 0 Å². The maximum absolute atomic E-state index is 13.8. The second-order valence-electron chi connectivity index (χ2n) is 7.07. The van der Waals surface area contributed by atoms with E-state index in [1.54, 1.807) is 13.8 Å². The van der Waals surface area contributed by atoms with Gasteiger partial charge in [0.1, 0.15) is 5.82 Å². The van der Waals surface area contributed by atoms with E-state index in [9.17, 15) is 14.0 Å². The molecule has 0 aromatic heterocycles. The number of anilines is 1. The highest BCUT2D eigenvalue weighted by molar-refractivity contribution is 6.03. The van der Waals surface area contributed by atoms with Crippen LogP contribution in [-0.2, 0) is 9.53 Å². The number of hydrogen-bond donors (Lipinski definition) is 1. The maximum Gasteiger partial charge on any atom is 0.340 e. The molecule has 0 saturated carbocycles. The summed E-state index contributed by atoms with van der Waals surface area (Å²) < 4.78 is 19.6. The van der Waals surface area contributed by atoms with E-state index in [0.717, 1.165) is 43.0 Å². The lowest BCUT2D eigenvalue weighted by Gasteiger charge is -2.44. The first-order valence-corrected chi connectivity index (χ1v) is 9.48. The Labute approximate surface area is 155 Å². The van der Waals surface area contributed by atoms with E-state index < -0.39 is 11.8 Å². The smallest absolute Gasteiger partial charge is 0.340 e. The molecule has 1 fully saturated rings. The number of piperidine rings is 1. The lowest BCUT2D eigenvalue weighted by atomic mass is 10.0. The van der Waals surface area contributed by atoms with Crippen LogP contribution in [0.4, 0.5) is 10.1 Å². The molecule has 1 amide bonds. The summed E-state index contributed by atoms with van der Waals surface area (Å²) in [5.74, 6) is -1.30. The van der Waals surface area contributed by atoms with Gasteiger partial charge in [-0.15, -0.1) is 0 Å². The van der Waals surface area contributed by atoms with Gasteiger partial charge in [-0.1, -0.05) is 0 Å². The van der Waals surface area contributed by atoms with Gasteiger partial charge in [-0.25, -0.2) is 9.18 Å². The first-order chi connectivity index (χ1) is 12.3. The molecule has 1 aromatic rings. The van der Waals surface area contributed by atoms with E-state index in [2.05, 4.69) is 12.2 Å². The molecule has 0 aliphatic carbocycles. The maximum atomic E-state index is 13.8. The molecule has 1 aliphatic heterocycles. The summed E-state index contributed by atoms with van der Waals surface area (Å²) in [5.41, 5.74) is 0.912. The lowest BCUT2D eigenvalue weighted by Crippen LogP contribution is -2.60. The fraction of sp³-hybridized carbons (Fsp3) is 0.600. The van der Waals surface area contributed by atoms with Crippen molar-refractivity contribution in [1.82, 2.24) is 0 Å². The molecule has 6 heteroatoms. The number of ether oxygens (including phenoxy) is 1. The van der Waals surface area contributed by atoms with Crippen LogP contribution in [0.2, 0.25) is 0 Å². The van der Waals surface area contributed by atoms with Gasteiger partial charge in [0.15, 0.2) is 6.04 Å². The number of esters is 1. The molecule has 144 valence electrons. The molecule has 0 spiro atoms. The minimum atomic E-state index is -0.629. The van der Waals surface area contributed by atoms with Gasteiger partial charge in [-0.3, -0.25) is 4.79 Å². The number of hydrogen-bond acceptors (Lipinski definition) is 3. The third-order valence-electron chi connectivity index (χ3n) is 5.58. The molecule has 5 nitrogen and oxygen atoms in total. The van der Waals surface area contributed by atoms with Crippen molar-refractivity contribution in [3.05, 3.63) is 29.1 Å². The van der Waals surface area contributed by atoms with Gasteiger partial charge in [0.05, 0.1) is 37.5 Å². The number of aryl methyl sites for hydroxylation is 1. The highest BCUT2D eigenvalue weighted by Gasteiger charge is 2.38. The standard InChI is InChI=1S/C20H29FN2O3/c1-5-23(10-8-7-9-11-23)15(4)19(24)22-18-14(3)12-16(21)13-17(18)20(25)26-6-2/h12-13,15H,5-11H2,1-4H3/p+1. The molecular formula is C20H30FN2O3+. The molecule has 26 heavy (non-hydrogen) atoms. The van der Waals surface area contributed by atoms with Crippen LogP contribution in [0.25, 0.3) is 0 Å². The number of rotatable bonds is 6. The topological polar surface area (TPSA) is 55.4 Å². The zero-order valence-corrected chi connectivity index (χ0v) is 16.2. The number of halogens is 1. The highest BCUT2D eigenvalue weighted by Crippen LogP contribution is 2.27. The van der Waals surface area contributed by atoms with Crippen molar-refractivity contribution in [2.75, 3.05) is 31.6 Å². The van der Waals surface area contributed by atoms with Crippen molar-refractivity contribution in [2.45, 2.75) is 53.0 Å². The second-order valence-corrected chi connectivity index (χ2v) is 7.07. The summed E-state index contributed by atoms with van der Waals surface area (Å²) in [4.78, 5) is 25.2. The van der Waals surface area contributed by atoms with Crippen LogP contribution in [0, 0.1) is 12.7 Å². The Balaban J connectivity index is 2.29. The number of likely N-dealkylation sites (N-methyl/N-ethyl adjacent to an activating group) is 1. The summed E-state index contributed by atoms with van der Waals surface area (Å²) in [6, 6.07) is 2.20. The molecule has 0 bridgehead atoms. The van der Waals surface area contributed by atoms with Crippen LogP contribution < -0.4 is 5.32 Å². The molecule has 0 radical (unpaired) electrons. The van der Waals surface area contributed by atoms with Crippen LogP contribution in [0.1, 0.15) is 56.0 Å². The molecule has 1 unspecified atom stereocenters. The van der Waals surface area contributed by atoms with Crippen LogP contribution in [0.3, 0.4) is 0 Å². The Morgan fingerprint density at radius 1 is 1.23 bits per heavy atom. The lowest BCUT2D eigenvalue weighted by molar-refractivity contribution is -0.943. The third-order valence-corrected chi connectivity index (χ3v) is 5.58. The highest BCUT2D eigenvalue weighted by atomic mass is 19.1. The van der Waals surface area contributed by atoms with E-state index in [1.807, 2.05) is 6.92 Å². The average Bonchev–Trinajstić information content (AvgIpc) is 2.63. The Morgan fingerprint density at radius 2 is 1.88 bits per heavy atom. The van der Waals surface area contributed by atoms with E-state index in [1.165, 1.54) is 12.5 Å². The van der Waals surface area contributed by atoms with Crippen molar-refractivity contribution in [3.8, 4) is 0 Å². The second kappa shape index (κ2) is 8.62. The number of nitrogens with one attached hydrogen (secondary N) is 1. The number of carbonyl (C=O) groups is 2. The molecule has 1 N–H and O–H groups in total. The Morgan fingerprint density at radius 3 is 2.46 bits per heavy atom. The van der Waals surface area contributed by atoms with Crippen molar-refractivity contribution >= 4 is 17.6 Å². The Bertz CT molecular complexity index is 669. The number of carbonyl (C=O) groups excluding carboxylic acids is 2. The van der Waals surface area contributed by atoms with Gasteiger partial charge in [0.2, 0.25) is 0 Å². The largest absolute Gasteiger partial charge is 0.462 e. The first-order valence-electron chi connectivity index (χ1n) is 9.48. The molecule has 1 heterocycles. The molecule has 1 aliphatic rings. The predicted molar refractivity (Wildman–Crippen MR) is 99.6 cm³/mol. The number of nitrogens with zero attached hydrogens (tertiary/aromatic N) is 1. The van der Waals surface area contributed by atoms with Gasteiger partial charge in [0, 0.05) is 0 Å². The quantitative estimate of drug-likeness (QED) is 0.618. The van der Waals surface area contributed by atoms with Crippen LogP contribution >= 0.6 is 0 Å². The Hall–Kier alpha value is -1.95. The van der Waals surface area contributed by atoms with E-state index in [-0.39, 0.29) is 24.1 Å². The van der Waals surface area contributed by atoms with Crippen LogP contribution in [-0.4, -0.2) is 48.6 Å². The molecule has 1 atom stereocenters. The molecule has 1 saturated heterocycles. The van der Waals surface area contributed by atoms with Crippen LogP contribution in [0.15, 0.2) is 12.1 Å². The number of benzene rings is 1. The molecule has 2 rings (SSSR count). The fourth-order valence-electron chi connectivity index (χ4n) is 3.87. The summed E-state index contributed by atoms with van der Waals surface area (Å²) in [5, 5.41) is 2.88. The van der Waals surface area contributed by atoms with Gasteiger partial charge >= 0.3 is 5.97 Å². The van der Waals surface area contributed by atoms with Crippen LogP contribution in [0.5, 0.6) is 0 Å². The zero-order valence-electron chi connectivity index (χ0n) is 16.2. The normalized spacial score (nSPS) is 17.4. The SMILES string of the molecule is CCOC(=O)c1cc(F)cc(C)c1NC(=O)C(C)[N+]1(CC)CCCCC1. The zero-order chi connectivity index (χ0) is 19.3. The monoisotopic (exact) mass is 365 g/mol.